The van der Waals surface area contributed by atoms with Gasteiger partial charge < -0.3 is 19.9 Å². The van der Waals surface area contributed by atoms with E-state index in [2.05, 4.69) is 5.32 Å². The SMILES string of the molecule is CC(C)(C)OC(=O)NC1CC(COCCO)C1. The second-order valence-electron chi connectivity index (χ2n) is 5.48. The number of aliphatic hydroxyl groups excluding tert-OH is 1. The Morgan fingerprint density at radius 1 is 1.41 bits per heavy atom. The van der Waals surface area contributed by atoms with Crippen LogP contribution in [0.1, 0.15) is 33.6 Å². The summed E-state index contributed by atoms with van der Waals surface area (Å²) in [6, 6.07) is 0.201. The van der Waals surface area contributed by atoms with Gasteiger partial charge in [-0.25, -0.2) is 4.79 Å². The fourth-order valence-corrected chi connectivity index (χ4v) is 1.78. The first-order valence-electron chi connectivity index (χ1n) is 6.09. The largest absolute Gasteiger partial charge is 0.444 e. The summed E-state index contributed by atoms with van der Waals surface area (Å²) >= 11 is 0. The Balaban J connectivity index is 2.07. The van der Waals surface area contributed by atoms with Crippen molar-refractivity contribution in [3.05, 3.63) is 0 Å². The molecule has 0 aromatic heterocycles. The van der Waals surface area contributed by atoms with Crippen molar-refractivity contribution in [2.45, 2.75) is 45.3 Å². The number of carbonyl (C=O) groups excluding carboxylic acids is 1. The Kier molecular flexibility index (Phi) is 5.21. The first kappa shape index (κ1) is 14.3. The molecular weight excluding hydrogens is 222 g/mol. The number of ether oxygens (including phenoxy) is 2. The van der Waals surface area contributed by atoms with Crippen molar-refractivity contribution in [1.29, 1.82) is 0 Å². The topological polar surface area (TPSA) is 67.8 Å². The number of rotatable bonds is 5. The maximum absolute atomic E-state index is 11.4. The molecule has 0 heterocycles. The molecule has 1 saturated carbocycles. The average molecular weight is 245 g/mol. The van der Waals surface area contributed by atoms with Crippen molar-refractivity contribution < 1.29 is 19.4 Å². The summed E-state index contributed by atoms with van der Waals surface area (Å²) in [6.07, 6.45) is 1.49. The van der Waals surface area contributed by atoms with Crippen molar-refractivity contribution in [1.82, 2.24) is 5.32 Å². The van der Waals surface area contributed by atoms with Crippen LogP contribution in [0.2, 0.25) is 0 Å². The minimum atomic E-state index is -0.447. The number of amides is 1. The summed E-state index contributed by atoms with van der Waals surface area (Å²) in [5, 5.41) is 11.4. The predicted octanol–water partition coefficient (Wildman–Crippen LogP) is 1.30. The van der Waals surface area contributed by atoms with Gasteiger partial charge in [0.25, 0.3) is 0 Å². The van der Waals surface area contributed by atoms with Crippen molar-refractivity contribution in [2.75, 3.05) is 19.8 Å². The Morgan fingerprint density at radius 3 is 2.59 bits per heavy atom. The molecule has 0 spiro atoms. The van der Waals surface area contributed by atoms with Crippen molar-refractivity contribution >= 4 is 6.09 Å². The smallest absolute Gasteiger partial charge is 0.407 e. The highest BCUT2D eigenvalue weighted by molar-refractivity contribution is 5.68. The van der Waals surface area contributed by atoms with Crippen LogP contribution in [-0.2, 0) is 9.47 Å². The minimum Gasteiger partial charge on any atom is -0.444 e. The molecule has 5 heteroatoms. The maximum Gasteiger partial charge on any atom is 0.407 e. The lowest BCUT2D eigenvalue weighted by Crippen LogP contribution is -2.47. The molecular formula is C12H23NO4. The molecule has 0 unspecified atom stereocenters. The van der Waals surface area contributed by atoms with Crippen LogP contribution in [0.15, 0.2) is 0 Å². The molecule has 0 atom stereocenters. The molecule has 1 amide bonds. The first-order valence-corrected chi connectivity index (χ1v) is 6.09. The van der Waals surface area contributed by atoms with E-state index in [0.717, 1.165) is 12.8 Å². The molecule has 0 bridgehead atoms. The van der Waals surface area contributed by atoms with Gasteiger partial charge >= 0.3 is 6.09 Å². The second kappa shape index (κ2) is 6.21. The van der Waals surface area contributed by atoms with Crippen molar-refractivity contribution in [3.8, 4) is 0 Å². The van der Waals surface area contributed by atoms with Crippen LogP contribution in [0.4, 0.5) is 4.79 Å². The van der Waals surface area contributed by atoms with Crippen LogP contribution >= 0.6 is 0 Å². The Bertz CT molecular complexity index is 243. The molecule has 1 rings (SSSR count). The summed E-state index contributed by atoms with van der Waals surface area (Å²) in [6.45, 7) is 6.65. The summed E-state index contributed by atoms with van der Waals surface area (Å²) < 4.78 is 10.4. The van der Waals surface area contributed by atoms with Gasteiger partial charge in [0, 0.05) is 12.6 Å². The van der Waals surface area contributed by atoms with Crippen LogP contribution in [0.5, 0.6) is 0 Å². The molecule has 0 aliphatic heterocycles. The zero-order valence-electron chi connectivity index (χ0n) is 10.9. The third kappa shape index (κ3) is 5.89. The Morgan fingerprint density at radius 2 is 2.06 bits per heavy atom. The van der Waals surface area contributed by atoms with Crippen molar-refractivity contribution in [2.24, 2.45) is 5.92 Å². The normalized spacial score (nSPS) is 24.0. The molecule has 0 aromatic rings. The standard InChI is InChI=1S/C12H23NO4/c1-12(2,3)17-11(15)13-10-6-9(7-10)8-16-5-4-14/h9-10,14H,4-8H2,1-3H3,(H,13,15). The third-order valence-corrected chi connectivity index (χ3v) is 2.55. The zero-order valence-corrected chi connectivity index (χ0v) is 10.9. The molecule has 2 N–H and O–H groups in total. The monoisotopic (exact) mass is 245 g/mol. The van der Waals surface area contributed by atoms with Gasteiger partial charge in [0.1, 0.15) is 5.60 Å². The van der Waals surface area contributed by atoms with E-state index in [1.54, 1.807) is 0 Å². The molecule has 1 fully saturated rings. The maximum atomic E-state index is 11.4. The molecule has 0 saturated heterocycles. The van der Waals surface area contributed by atoms with Gasteiger partial charge in [-0.1, -0.05) is 0 Å². The molecule has 0 aromatic carbocycles. The van der Waals surface area contributed by atoms with Crippen LogP contribution in [-0.4, -0.2) is 42.7 Å². The zero-order chi connectivity index (χ0) is 12.9. The van der Waals surface area contributed by atoms with Gasteiger partial charge in [0.05, 0.1) is 13.2 Å². The fourth-order valence-electron chi connectivity index (χ4n) is 1.78. The number of carbonyl (C=O) groups is 1. The van der Waals surface area contributed by atoms with Crippen LogP contribution < -0.4 is 5.32 Å². The van der Waals surface area contributed by atoms with Gasteiger partial charge in [-0.3, -0.25) is 0 Å². The summed E-state index contributed by atoms with van der Waals surface area (Å²) in [5.74, 6) is 0.487. The van der Waals surface area contributed by atoms with Gasteiger partial charge in [-0.15, -0.1) is 0 Å². The lowest BCUT2D eigenvalue weighted by atomic mass is 9.81. The minimum absolute atomic E-state index is 0.0618. The lowest BCUT2D eigenvalue weighted by molar-refractivity contribution is 0.0241. The molecule has 1 aliphatic rings. The predicted molar refractivity (Wildman–Crippen MR) is 63.8 cm³/mol. The van der Waals surface area contributed by atoms with Crippen LogP contribution in [0, 0.1) is 5.92 Å². The molecule has 5 nitrogen and oxygen atoms in total. The van der Waals surface area contributed by atoms with E-state index in [9.17, 15) is 4.79 Å². The third-order valence-electron chi connectivity index (χ3n) is 2.55. The highest BCUT2D eigenvalue weighted by Crippen LogP contribution is 2.27. The molecule has 1 aliphatic carbocycles. The van der Waals surface area contributed by atoms with Crippen LogP contribution in [0.3, 0.4) is 0 Å². The lowest BCUT2D eigenvalue weighted by Gasteiger charge is -2.35. The number of hydrogen-bond acceptors (Lipinski definition) is 4. The highest BCUT2D eigenvalue weighted by Gasteiger charge is 2.31. The summed E-state index contributed by atoms with van der Waals surface area (Å²) in [7, 11) is 0. The van der Waals surface area contributed by atoms with E-state index in [0.29, 0.717) is 19.1 Å². The van der Waals surface area contributed by atoms with E-state index < -0.39 is 5.60 Å². The number of hydrogen-bond donors (Lipinski definition) is 2. The van der Waals surface area contributed by atoms with Gasteiger partial charge in [0.15, 0.2) is 0 Å². The average Bonchev–Trinajstić information content (AvgIpc) is 2.10. The highest BCUT2D eigenvalue weighted by atomic mass is 16.6. The van der Waals surface area contributed by atoms with Gasteiger partial charge in [-0.2, -0.15) is 0 Å². The van der Waals surface area contributed by atoms with Crippen LogP contribution in [0.25, 0.3) is 0 Å². The number of aliphatic hydroxyl groups is 1. The Labute approximate surface area is 102 Å². The molecule has 100 valence electrons. The fraction of sp³-hybridized carbons (Fsp3) is 0.917. The summed E-state index contributed by atoms with van der Waals surface area (Å²) in [4.78, 5) is 11.4. The molecule has 0 radical (unpaired) electrons. The van der Waals surface area contributed by atoms with Gasteiger partial charge in [-0.05, 0) is 39.5 Å². The van der Waals surface area contributed by atoms with E-state index in [1.807, 2.05) is 20.8 Å². The molecule has 17 heavy (non-hydrogen) atoms. The van der Waals surface area contributed by atoms with Gasteiger partial charge in [0.2, 0.25) is 0 Å². The number of alkyl carbamates (subject to hydrolysis) is 1. The van der Waals surface area contributed by atoms with E-state index in [4.69, 9.17) is 14.6 Å². The van der Waals surface area contributed by atoms with E-state index >= 15 is 0 Å². The van der Waals surface area contributed by atoms with E-state index in [1.165, 1.54) is 0 Å². The first-order chi connectivity index (χ1) is 7.90. The van der Waals surface area contributed by atoms with Crippen molar-refractivity contribution in [3.63, 3.8) is 0 Å². The summed E-state index contributed by atoms with van der Waals surface area (Å²) in [5.41, 5.74) is -0.447. The quantitative estimate of drug-likeness (QED) is 0.716. The second-order valence-corrected chi connectivity index (χ2v) is 5.48. The number of nitrogens with one attached hydrogen (secondary N) is 1. The van der Waals surface area contributed by atoms with E-state index in [-0.39, 0.29) is 18.7 Å². The Hall–Kier alpha value is -0.810.